The highest BCUT2D eigenvalue weighted by atomic mass is 16.5. The summed E-state index contributed by atoms with van der Waals surface area (Å²) in [7, 11) is 1.99. The Morgan fingerprint density at radius 1 is 1.36 bits per heavy atom. The highest BCUT2D eigenvalue weighted by Crippen LogP contribution is 2.25. The maximum Gasteiger partial charge on any atom is 0.216 e. The van der Waals surface area contributed by atoms with Gasteiger partial charge in [0.2, 0.25) is 5.88 Å². The van der Waals surface area contributed by atoms with E-state index in [9.17, 15) is 0 Å². The van der Waals surface area contributed by atoms with Gasteiger partial charge in [0.05, 0.1) is 24.3 Å². The molecule has 0 spiro atoms. The third-order valence-electron chi connectivity index (χ3n) is 3.24. The van der Waals surface area contributed by atoms with Gasteiger partial charge in [-0.3, -0.25) is 0 Å². The first-order chi connectivity index (χ1) is 10.5. The van der Waals surface area contributed by atoms with Crippen molar-refractivity contribution in [2.45, 2.75) is 47.1 Å². The van der Waals surface area contributed by atoms with Crippen LogP contribution in [0.2, 0.25) is 0 Å². The van der Waals surface area contributed by atoms with E-state index in [1.807, 2.05) is 45.1 Å². The first-order valence-corrected chi connectivity index (χ1v) is 7.94. The second kappa shape index (κ2) is 9.41. The van der Waals surface area contributed by atoms with Crippen LogP contribution in [-0.4, -0.2) is 49.1 Å². The van der Waals surface area contributed by atoms with Crippen molar-refractivity contribution in [2.75, 3.05) is 26.8 Å². The molecule has 5 nitrogen and oxygen atoms in total. The zero-order chi connectivity index (χ0) is 16.5. The van der Waals surface area contributed by atoms with Crippen molar-refractivity contribution in [1.82, 2.24) is 9.88 Å². The van der Waals surface area contributed by atoms with E-state index in [-0.39, 0.29) is 6.10 Å². The van der Waals surface area contributed by atoms with Crippen LogP contribution < -0.4 is 4.74 Å². The van der Waals surface area contributed by atoms with Gasteiger partial charge in [-0.2, -0.15) is 0 Å². The van der Waals surface area contributed by atoms with Gasteiger partial charge in [0.25, 0.3) is 0 Å². The lowest BCUT2D eigenvalue weighted by Crippen LogP contribution is -2.20. The van der Waals surface area contributed by atoms with Crippen LogP contribution in [-0.2, 0) is 4.74 Å². The predicted molar refractivity (Wildman–Crippen MR) is 91.4 cm³/mol. The summed E-state index contributed by atoms with van der Waals surface area (Å²) in [5.41, 5.74) is 2.72. The van der Waals surface area contributed by atoms with Gasteiger partial charge in [-0.15, -0.1) is 0 Å². The summed E-state index contributed by atoms with van der Waals surface area (Å²) in [5.74, 6) is 0.660. The molecule has 1 unspecified atom stereocenters. The first kappa shape index (κ1) is 18.4. The normalized spacial score (nSPS) is 12.6. The predicted octanol–water partition coefficient (Wildman–Crippen LogP) is 3.50. The van der Waals surface area contributed by atoms with Crippen LogP contribution in [0.5, 0.6) is 5.88 Å². The molecule has 0 aliphatic heterocycles. The van der Waals surface area contributed by atoms with E-state index in [2.05, 4.69) is 23.8 Å². The van der Waals surface area contributed by atoms with Gasteiger partial charge in [-0.1, -0.05) is 6.92 Å². The van der Waals surface area contributed by atoms with Crippen molar-refractivity contribution < 1.29 is 9.47 Å². The maximum atomic E-state index is 5.88. The molecule has 0 saturated heterocycles. The summed E-state index contributed by atoms with van der Waals surface area (Å²) in [4.78, 5) is 11.0. The van der Waals surface area contributed by atoms with Crippen LogP contribution in [0, 0.1) is 13.8 Å². The van der Waals surface area contributed by atoms with Crippen molar-refractivity contribution in [3.63, 3.8) is 0 Å². The molecule has 0 bridgehead atoms. The van der Waals surface area contributed by atoms with Gasteiger partial charge >= 0.3 is 0 Å². The monoisotopic (exact) mass is 307 g/mol. The summed E-state index contributed by atoms with van der Waals surface area (Å²) in [6.45, 7) is 12.4. The molecule has 1 aromatic heterocycles. The lowest BCUT2D eigenvalue weighted by Gasteiger charge is -2.16. The standard InChI is InChI=1S/C17H29N3O2/c1-7-9-21-11-14(4)22-17-13(3)10-16(15(5)19-17)18-12-20(6)8-2/h10,12,14H,7-9,11H2,1-6H3/b18-12-. The van der Waals surface area contributed by atoms with Crippen molar-refractivity contribution in [2.24, 2.45) is 4.99 Å². The SMILES string of the molecule is CCCOCC(C)Oc1nc(C)c(/N=C\N(C)CC)cc1C. The van der Waals surface area contributed by atoms with Crippen LogP contribution >= 0.6 is 0 Å². The Morgan fingerprint density at radius 2 is 2.09 bits per heavy atom. The highest BCUT2D eigenvalue weighted by Gasteiger charge is 2.11. The van der Waals surface area contributed by atoms with Crippen LogP contribution in [0.3, 0.4) is 0 Å². The molecule has 0 aliphatic carbocycles. The number of hydrogen-bond donors (Lipinski definition) is 0. The van der Waals surface area contributed by atoms with Crippen molar-refractivity contribution in [3.8, 4) is 5.88 Å². The van der Waals surface area contributed by atoms with Gasteiger partial charge < -0.3 is 14.4 Å². The highest BCUT2D eigenvalue weighted by molar-refractivity contribution is 5.62. The average Bonchev–Trinajstić information content (AvgIpc) is 2.49. The van der Waals surface area contributed by atoms with Gasteiger partial charge in [-0.25, -0.2) is 9.98 Å². The molecule has 0 N–H and O–H groups in total. The fourth-order valence-electron chi connectivity index (χ4n) is 1.78. The van der Waals surface area contributed by atoms with Crippen LogP contribution in [0.25, 0.3) is 0 Å². The molecule has 0 amide bonds. The number of aryl methyl sites for hydroxylation is 2. The zero-order valence-corrected chi connectivity index (χ0v) is 14.7. The Balaban J connectivity index is 2.74. The summed E-state index contributed by atoms with van der Waals surface area (Å²) in [6, 6.07) is 2.01. The molecular formula is C17H29N3O2. The number of ether oxygens (including phenoxy) is 2. The molecule has 0 fully saturated rings. The Hall–Kier alpha value is -1.62. The van der Waals surface area contributed by atoms with Gasteiger partial charge in [0.1, 0.15) is 6.10 Å². The second-order valence-electron chi connectivity index (χ2n) is 5.54. The fourth-order valence-corrected chi connectivity index (χ4v) is 1.78. The minimum absolute atomic E-state index is 0.0160. The van der Waals surface area contributed by atoms with Gasteiger partial charge in [-0.05, 0) is 40.2 Å². The van der Waals surface area contributed by atoms with E-state index < -0.39 is 0 Å². The van der Waals surface area contributed by atoms with Crippen molar-refractivity contribution in [3.05, 3.63) is 17.3 Å². The van der Waals surface area contributed by atoms with Crippen LogP contribution in [0.1, 0.15) is 38.4 Å². The zero-order valence-electron chi connectivity index (χ0n) is 14.7. The molecule has 1 aromatic rings. The van der Waals surface area contributed by atoms with Gasteiger partial charge in [0, 0.05) is 25.8 Å². The summed E-state index contributed by atoms with van der Waals surface area (Å²) in [5, 5.41) is 0. The second-order valence-corrected chi connectivity index (χ2v) is 5.54. The van der Waals surface area contributed by atoms with E-state index >= 15 is 0 Å². The molecule has 0 saturated carbocycles. The summed E-state index contributed by atoms with van der Waals surface area (Å²) >= 11 is 0. The Bertz CT molecular complexity index is 489. The molecule has 0 radical (unpaired) electrons. The van der Waals surface area contributed by atoms with Crippen LogP contribution in [0.4, 0.5) is 5.69 Å². The van der Waals surface area contributed by atoms with E-state index in [0.717, 1.165) is 36.5 Å². The number of rotatable bonds is 9. The lowest BCUT2D eigenvalue weighted by atomic mass is 10.2. The molecule has 22 heavy (non-hydrogen) atoms. The largest absolute Gasteiger partial charge is 0.472 e. The molecule has 1 atom stereocenters. The summed E-state index contributed by atoms with van der Waals surface area (Å²) < 4.78 is 11.4. The fraction of sp³-hybridized carbons (Fsp3) is 0.647. The number of pyridine rings is 1. The lowest BCUT2D eigenvalue weighted by molar-refractivity contribution is 0.0564. The smallest absolute Gasteiger partial charge is 0.216 e. The quantitative estimate of drug-likeness (QED) is 0.398. The average molecular weight is 307 g/mol. The van der Waals surface area contributed by atoms with Crippen molar-refractivity contribution >= 4 is 12.0 Å². The van der Waals surface area contributed by atoms with E-state index in [1.54, 1.807) is 0 Å². The van der Waals surface area contributed by atoms with E-state index in [1.165, 1.54) is 0 Å². The number of hydrogen-bond acceptors (Lipinski definition) is 4. The number of aromatic nitrogens is 1. The third-order valence-corrected chi connectivity index (χ3v) is 3.24. The Morgan fingerprint density at radius 3 is 2.73 bits per heavy atom. The third kappa shape index (κ3) is 6.02. The first-order valence-electron chi connectivity index (χ1n) is 7.94. The topological polar surface area (TPSA) is 47.0 Å². The Labute approximate surface area is 134 Å². The molecule has 1 rings (SSSR count). The molecule has 1 heterocycles. The Kier molecular flexibility index (Phi) is 7.88. The summed E-state index contributed by atoms with van der Waals surface area (Å²) in [6.07, 6.45) is 2.82. The minimum Gasteiger partial charge on any atom is -0.472 e. The van der Waals surface area contributed by atoms with Gasteiger partial charge in [0.15, 0.2) is 0 Å². The molecule has 124 valence electrons. The maximum absolute atomic E-state index is 5.88. The number of nitrogens with zero attached hydrogens (tertiary/aromatic N) is 3. The van der Waals surface area contributed by atoms with E-state index in [0.29, 0.717) is 12.5 Å². The van der Waals surface area contributed by atoms with Crippen LogP contribution in [0.15, 0.2) is 11.1 Å². The van der Waals surface area contributed by atoms with E-state index in [4.69, 9.17) is 9.47 Å². The molecular weight excluding hydrogens is 278 g/mol. The van der Waals surface area contributed by atoms with Crippen molar-refractivity contribution in [1.29, 1.82) is 0 Å². The minimum atomic E-state index is -0.0160. The number of aliphatic imine (C=N–C) groups is 1. The molecule has 5 heteroatoms. The molecule has 0 aliphatic rings. The molecule has 0 aromatic carbocycles.